The summed E-state index contributed by atoms with van der Waals surface area (Å²) in [6, 6.07) is 8.11. The summed E-state index contributed by atoms with van der Waals surface area (Å²) < 4.78 is 54.1. The summed E-state index contributed by atoms with van der Waals surface area (Å²) >= 11 is 0. The molecule has 2 aliphatic carbocycles. The van der Waals surface area contributed by atoms with Gasteiger partial charge in [-0.2, -0.15) is 4.98 Å². The van der Waals surface area contributed by atoms with E-state index >= 15 is 0 Å². The summed E-state index contributed by atoms with van der Waals surface area (Å²) in [6.45, 7) is 2.41. The Morgan fingerprint density at radius 1 is 1.08 bits per heavy atom. The predicted molar refractivity (Wildman–Crippen MR) is 186 cm³/mol. The highest BCUT2D eigenvalue weighted by Gasteiger charge is 2.62. The second-order valence-corrected chi connectivity index (χ2v) is 16.2. The monoisotopic (exact) mass is 722 g/mol. The number of ether oxygens (including phenoxy) is 2. The highest BCUT2D eigenvalue weighted by molar-refractivity contribution is 7.91. The molecule has 4 aliphatic rings. The van der Waals surface area contributed by atoms with Gasteiger partial charge in [0.1, 0.15) is 29.3 Å². The molecule has 4 fully saturated rings. The zero-order chi connectivity index (χ0) is 36.1. The number of hydrogen-bond acceptors (Lipinski definition) is 9. The number of methoxy groups -OCH3 is 1. The molecule has 13 nitrogen and oxygen atoms in total. The molecule has 0 spiro atoms. The molecule has 0 unspecified atom stereocenters. The lowest BCUT2D eigenvalue weighted by molar-refractivity contribution is -0.131. The lowest BCUT2D eigenvalue weighted by atomic mass is 10.0. The Morgan fingerprint density at radius 3 is 2.61 bits per heavy atom. The lowest BCUT2D eigenvalue weighted by Gasteiger charge is -2.30. The van der Waals surface area contributed by atoms with Crippen LogP contribution < -0.4 is 19.5 Å². The number of urea groups is 1. The van der Waals surface area contributed by atoms with E-state index in [1.54, 1.807) is 43.3 Å². The first-order chi connectivity index (χ1) is 24.4. The first kappa shape index (κ1) is 34.9. The first-order valence-corrected chi connectivity index (χ1v) is 19.1. The number of carbonyl (C=O) groups excluding carboxylic acids is 3. The van der Waals surface area contributed by atoms with Crippen LogP contribution in [0.15, 0.2) is 36.4 Å². The van der Waals surface area contributed by atoms with Gasteiger partial charge in [-0.05, 0) is 69.2 Å². The molecule has 4 amide bonds. The number of nitrogens with one attached hydrogen (secondary N) is 2. The van der Waals surface area contributed by atoms with Crippen molar-refractivity contribution in [3.63, 3.8) is 0 Å². The number of nitrogens with zero attached hydrogens (tertiary/aromatic N) is 4. The maximum atomic E-state index is 14.3. The van der Waals surface area contributed by atoms with Gasteiger partial charge in [0.25, 0.3) is 5.91 Å². The molecule has 7 rings (SSSR count). The third-order valence-corrected chi connectivity index (χ3v) is 12.4. The van der Waals surface area contributed by atoms with Gasteiger partial charge in [-0.1, -0.05) is 31.4 Å². The third kappa shape index (κ3) is 6.91. The van der Waals surface area contributed by atoms with E-state index < -0.39 is 50.6 Å². The van der Waals surface area contributed by atoms with Gasteiger partial charge in [-0.25, -0.2) is 22.6 Å². The summed E-state index contributed by atoms with van der Waals surface area (Å²) in [5.41, 5.74) is 0.334. The number of halogens is 1. The highest BCUT2D eigenvalue weighted by atomic mass is 32.2. The molecule has 2 aromatic carbocycles. The van der Waals surface area contributed by atoms with Crippen molar-refractivity contribution in [3.05, 3.63) is 47.8 Å². The van der Waals surface area contributed by atoms with E-state index in [1.165, 1.54) is 17.0 Å². The van der Waals surface area contributed by atoms with Crippen LogP contribution in [0.4, 0.5) is 9.18 Å². The fraction of sp³-hybridized carbons (Fsp3) is 0.528. The van der Waals surface area contributed by atoms with Crippen molar-refractivity contribution in [1.29, 1.82) is 0 Å². The SMILES string of the molecule is COc1ccc2c(O[C@@H]3C[C@H]4C(=O)N[C@]5(C(=O)NS(=O)(=O)C6CC6)C[C@H]5CCCCCCN(C)C(=O)N4C3)nc(-c3cccc(F)c3)nc2c1C. The minimum absolute atomic E-state index is 0.0515. The number of sulfonamides is 1. The Labute approximate surface area is 296 Å². The van der Waals surface area contributed by atoms with Gasteiger partial charge in [0.05, 0.1) is 29.8 Å². The maximum Gasteiger partial charge on any atom is 0.320 e. The van der Waals surface area contributed by atoms with E-state index in [0.29, 0.717) is 54.4 Å². The van der Waals surface area contributed by atoms with Crippen molar-refractivity contribution in [3.8, 4) is 23.0 Å². The summed E-state index contributed by atoms with van der Waals surface area (Å²) in [5.74, 6) is -0.903. The molecule has 2 saturated carbocycles. The van der Waals surface area contributed by atoms with E-state index in [9.17, 15) is 27.2 Å². The fourth-order valence-corrected chi connectivity index (χ4v) is 8.78. The molecular formula is C36H43FN6O7S. The van der Waals surface area contributed by atoms with Crippen molar-refractivity contribution in [2.75, 3.05) is 27.2 Å². The van der Waals surface area contributed by atoms with E-state index in [0.717, 1.165) is 31.2 Å². The summed E-state index contributed by atoms with van der Waals surface area (Å²) in [6.07, 6.45) is 4.77. The van der Waals surface area contributed by atoms with Gasteiger partial charge in [-0.3, -0.25) is 14.3 Å². The lowest BCUT2D eigenvalue weighted by Crippen LogP contribution is -2.57. The van der Waals surface area contributed by atoms with Crippen molar-refractivity contribution < 1.29 is 36.7 Å². The normalized spacial score (nSPS) is 25.8. The Balaban J connectivity index is 1.21. The number of aryl methyl sites for hydroxylation is 1. The van der Waals surface area contributed by atoms with Crippen LogP contribution >= 0.6 is 0 Å². The summed E-state index contributed by atoms with van der Waals surface area (Å²) in [7, 11) is -0.581. The van der Waals surface area contributed by atoms with Gasteiger partial charge in [0.15, 0.2) is 5.82 Å². The molecule has 4 atom stereocenters. The van der Waals surface area contributed by atoms with Crippen LogP contribution in [-0.2, 0) is 19.6 Å². The van der Waals surface area contributed by atoms with Crippen LogP contribution in [0.1, 0.15) is 63.4 Å². The van der Waals surface area contributed by atoms with Crippen LogP contribution in [0.25, 0.3) is 22.3 Å². The topological polar surface area (TPSA) is 160 Å². The number of hydrogen-bond donors (Lipinski definition) is 2. The van der Waals surface area contributed by atoms with Gasteiger partial charge < -0.3 is 24.6 Å². The van der Waals surface area contributed by atoms with Crippen molar-refractivity contribution >= 4 is 38.8 Å². The first-order valence-electron chi connectivity index (χ1n) is 17.6. The number of aromatic nitrogens is 2. The molecule has 15 heteroatoms. The fourth-order valence-electron chi connectivity index (χ4n) is 7.41. The second kappa shape index (κ2) is 13.5. The van der Waals surface area contributed by atoms with E-state index in [1.807, 2.05) is 6.92 Å². The quantitative estimate of drug-likeness (QED) is 0.367. The number of rotatable bonds is 7. The van der Waals surface area contributed by atoms with E-state index in [2.05, 4.69) is 10.0 Å². The molecule has 2 saturated heterocycles. The molecular weight excluding hydrogens is 679 g/mol. The standard InChI is InChI=1S/C36H43FN6O7S/c1-21-29(49-3)15-14-27-30(21)38-31(22-9-8-11-24(37)17-22)39-33(27)50-25-18-28-32(44)40-36(34(45)41-51(47,48)26-12-13-26)19-23(36)10-6-4-5-7-16-42(2)35(46)43(28)20-25/h8-9,11,14-15,17,23,25-26,28H,4-7,10,12-13,16,18-20H2,1-3H3,(H,40,44)(H,41,45)/t23-,25-,28+,36-/m1/s1. The zero-order valence-electron chi connectivity index (χ0n) is 29.0. The maximum absolute atomic E-state index is 14.3. The van der Waals surface area contributed by atoms with Crippen LogP contribution in [0, 0.1) is 18.7 Å². The van der Waals surface area contributed by atoms with Gasteiger partial charge in [0, 0.05) is 31.1 Å². The van der Waals surface area contributed by atoms with Crippen LogP contribution in [0.2, 0.25) is 0 Å². The largest absolute Gasteiger partial charge is 0.496 e. The molecule has 51 heavy (non-hydrogen) atoms. The van der Waals surface area contributed by atoms with E-state index in [-0.39, 0.29) is 36.6 Å². The summed E-state index contributed by atoms with van der Waals surface area (Å²) in [5, 5.41) is 2.90. The zero-order valence-corrected chi connectivity index (χ0v) is 29.8. The van der Waals surface area contributed by atoms with Gasteiger partial charge in [0.2, 0.25) is 21.8 Å². The van der Waals surface area contributed by atoms with Crippen molar-refractivity contribution in [2.24, 2.45) is 5.92 Å². The molecule has 0 bridgehead atoms. The molecule has 1 aromatic heterocycles. The second-order valence-electron chi connectivity index (χ2n) is 14.2. The molecule has 0 radical (unpaired) electrons. The molecule has 272 valence electrons. The number of fused-ring (bicyclic) bond motifs is 3. The van der Waals surface area contributed by atoms with Gasteiger partial charge in [-0.15, -0.1) is 0 Å². The number of benzene rings is 2. The third-order valence-electron chi connectivity index (χ3n) is 10.6. The highest BCUT2D eigenvalue weighted by Crippen LogP contribution is 2.48. The molecule has 3 heterocycles. The van der Waals surface area contributed by atoms with Crippen LogP contribution in [-0.4, -0.2) is 96.2 Å². The number of amides is 4. The average Bonchev–Trinajstić information content (AvgIpc) is 4.03. The average molecular weight is 723 g/mol. The predicted octanol–water partition coefficient (Wildman–Crippen LogP) is 4.07. The van der Waals surface area contributed by atoms with Crippen LogP contribution in [0.5, 0.6) is 11.6 Å². The number of carbonyl (C=O) groups is 3. The van der Waals surface area contributed by atoms with Crippen molar-refractivity contribution in [1.82, 2.24) is 29.8 Å². The van der Waals surface area contributed by atoms with Crippen LogP contribution in [0.3, 0.4) is 0 Å². The molecule has 2 N–H and O–H groups in total. The van der Waals surface area contributed by atoms with E-state index in [4.69, 9.17) is 19.4 Å². The minimum Gasteiger partial charge on any atom is -0.496 e. The smallest absolute Gasteiger partial charge is 0.320 e. The Morgan fingerprint density at radius 2 is 1.86 bits per heavy atom. The minimum atomic E-state index is -3.84. The molecule has 2 aliphatic heterocycles. The summed E-state index contributed by atoms with van der Waals surface area (Å²) in [4.78, 5) is 54.2. The molecule has 3 aromatic rings. The Kier molecular flexibility index (Phi) is 9.27. The van der Waals surface area contributed by atoms with Crippen molar-refractivity contribution in [2.45, 2.75) is 87.6 Å². The Bertz CT molecular complexity index is 1990. The Hall–Kier alpha value is -4.53. The van der Waals surface area contributed by atoms with Gasteiger partial charge >= 0.3 is 6.03 Å².